The van der Waals surface area contributed by atoms with Gasteiger partial charge in [0.15, 0.2) is 0 Å². The lowest BCUT2D eigenvalue weighted by molar-refractivity contribution is -0.0666. The molecule has 0 aliphatic heterocycles. The van der Waals surface area contributed by atoms with E-state index in [-0.39, 0.29) is 18.8 Å². The number of rotatable bonds is 12. The maximum atomic E-state index is 10.4. The van der Waals surface area contributed by atoms with E-state index in [9.17, 15) is 4.79 Å². The Hall–Kier alpha value is -0.810. The SMILES string of the molecule is CCCCOC(CC)COC(CCC)COC(=O)O. The van der Waals surface area contributed by atoms with Crippen LogP contribution in [0.2, 0.25) is 0 Å². The van der Waals surface area contributed by atoms with Crippen molar-refractivity contribution in [1.82, 2.24) is 0 Å². The van der Waals surface area contributed by atoms with E-state index in [1.54, 1.807) is 0 Å². The van der Waals surface area contributed by atoms with Crippen LogP contribution in [0.15, 0.2) is 0 Å². The molecule has 2 atom stereocenters. The van der Waals surface area contributed by atoms with Gasteiger partial charge in [-0.2, -0.15) is 0 Å². The molecule has 0 rings (SSSR count). The molecule has 0 radical (unpaired) electrons. The first-order valence-corrected chi connectivity index (χ1v) is 7.22. The molecule has 19 heavy (non-hydrogen) atoms. The first-order chi connectivity index (χ1) is 9.13. The van der Waals surface area contributed by atoms with Crippen LogP contribution in [-0.2, 0) is 14.2 Å². The van der Waals surface area contributed by atoms with Gasteiger partial charge in [0.2, 0.25) is 0 Å². The van der Waals surface area contributed by atoms with Crippen molar-refractivity contribution >= 4 is 6.16 Å². The lowest BCUT2D eigenvalue weighted by atomic mass is 10.2. The smallest absolute Gasteiger partial charge is 0.450 e. The fourth-order valence-electron chi connectivity index (χ4n) is 1.62. The third-order valence-corrected chi connectivity index (χ3v) is 2.83. The third kappa shape index (κ3) is 10.8. The van der Waals surface area contributed by atoms with Gasteiger partial charge in [0.1, 0.15) is 6.61 Å². The molecule has 0 spiro atoms. The van der Waals surface area contributed by atoms with Gasteiger partial charge in [-0.15, -0.1) is 0 Å². The predicted molar refractivity (Wildman–Crippen MR) is 73.6 cm³/mol. The maximum Gasteiger partial charge on any atom is 0.505 e. The molecule has 0 aliphatic rings. The van der Waals surface area contributed by atoms with Crippen LogP contribution in [0.5, 0.6) is 0 Å². The molecule has 0 bridgehead atoms. The number of hydrogen-bond donors (Lipinski definition) is 1. The average Bonchev–Trinajstić information content (AvgIpc) is 2.39. The number of ether oxygens (including phenoxy) is 3. The van der Waals surface area contributed by atoms with Gasteiger partial charge in [-0.25, -0.2) is 4.79 Å². The van der Waals surface area contributed by atoms with Crippen LogP contribution in [0.4, 0.5) is 4.79 Å². The fourth-order valence-corrected chi connectivity index (χ4v) is 1.62. The number of carboxylic acid groups (broad SMARTS) is 1. The molecule has 5 heteroatoms. The summed E-state index contributed by atoms with van der Waals surface area (Å²) in [7, 11) is 0. The van der Waals surface area contributed by atoms with E-state index < -0.39 is 6.16 Å². The van der Waals surface area contributed by atoms with Crippen molar-refractivity contribution in [2.75, 3.05) is 19.8 Å². The van der Waals surface area contributed by atoms with Crippen molar-refractivity contribution < 1.29 is 24.1 Å². The van der Waals surface area contributed by atoms with Crippen LogP contribution in [-0.4, -0.2) is 43.3 Å². The standard InChI is InChI=1S/C14H28O5/c1-4-7-9-17-12(6-3)10-18-13(8-5-2)11-19-14(15)16/h12-13H,4-11H2,1-3H3,(H,15,16). The Kier molecular flexibility index (Phi) is 11.7. The van der Waals surface area contributed by atoms with E-state index in [0.29, 0.717) is 6.61 Å². The summed E-state index contributed by atoms with van der Waals surface area (Å²) >= 11 is 0. The highest BCUT2D eigenvalue weighted by Crippen LogP contribution is 2.08. The molecular formula is C14H28O5. The van der Waals surface area contributed by atoms with Crippen molar-refractivity contribution in [3.63, 3.8) is 0 Å². The summed E-state index contributed by atoms with van der Waals surface area (Å²) in [6.45, 7) is 7.56. The lowest BCUT2D eigenvalue weighted by Crippen LogP contribution is -2.28. The summed E-state index contributed by atoms with van der Waals surface area (Å²) in [4.78, 5) is 10.4. The molecule has 1 N–H and O–H groups in total. The Morgan fingerprint density at radius 3 is 2.32 bits per heavy atom. The Morgan fingerprint density at radius 2 is 1.79 bits per heavy atom. The van der Waals surface area contributed by atoms with Gasteiger partial charge in [-0.3, -0.25) is 0 Å². The molecule has 5 nitrogen and oxygen atoms in total. The van der Waals surface area contributed by atoms with E-state index in [4.69, 9.17) is 14.6 Å². The molecule has 0 aliphatic carbocycles. The first kappa shape index (κ1) is 18.2. The molecule has 0 aromatic rings. The van der Waals surface area contributed by atoms with Crippen molar-refractivity contribution in [3.05, 3.63) is 0 Å². The zero-order valence-electron chi connectivity index (χ0n) is 12.4. The van der Waals surface area contributed by atoms with Crippen molar-refractivity contribution in [1.29, 1.82) is 0 Å². The molecule has 114 valence electrons. The highest BCUT2D eigenvalue weighted by Gasteiger charge is 2.14. The summed E-state index contributed by atoms with van der Waals surface area (Å²) < 4.78 is 16.0. The Morgan fingerprint density at radius 1 is 1.05 bits per heavy atom. The van der Waals surface area contributed by atoms with Gasteiger partial charge in [0, 0.05) is 6.61 Å². The largest absolute Gasteiger partial charge is 0.505 e. The minimum atomic E-state index is -1.25. The Bertz CT molecular complexity index is 220. The fraction of sp³-hybridized carbons (Fsp3) is 0.929. The zero-order valence-corrected chi connectivity index (χ0v) is 12.4. The molecule has 0 saturated carbocycles. The van der Waals surface area contributed by atoms with Gasteiger partial charge in [0.05, 0.1) is 18.8 Å². The molecule has 2 unspecified atom stereocenters. The Labute approximate surface area is 116 Å². The number of carbonyl (C=O) groups is 1. The van der Waals surface area contributed by atoms with Crippen molar-refractivity contribution in [2.45, 2.75) is 65.1 Å². The van der Waals surface area contributed by atoms with E-state index in [2.05, 4.69) is 18.6 Å². The van der Waals surface area contributed by atoms with Gasteiger partial charge in [-0.1, -0.05) is 33.6 Å². The van der Waals surface area contributed by atoms with E-state index in [1.165, 1.54) is 0 Å². The summed E-state index contributed by atoms with van der Waals surface area (Å²) in [5.74, 6) is 0. The quantitative estimate of drug-likeness (QED) is 0.437. The summed E-state index contributed by atoms with van der Waals surface area (Å²) in [5.41, 5.74) is 0. The van der Waals surface area contributed by atoms with Crippen molar-refractivity contribution in [2.24, 2.45) is 0 Å². The van der Waals surface area contributed by atoms with Crippen LogP contribution >= 0.6 is 0 Å². The zero-order chi connectivity index (χ0) is 14.5. The van der Waals surface area contributed by atoms with Crippen LogP contribution in [0.3, 0.4) is 0 Å². The molecule has 0 fully saturated rings. The van der Waals surface area contributed by atoms with E-state index in [0.717, 1.165) is 38.7 Å². The van der Waals surface area contributed by atoms with Gasteiger partial charge < -0.3 is 19.3 Å². The molecule has 0 amide bonds. The van der Waals surface area contributed by atoms with Gasteiger partial charge >= 0.3 is 6.16 Å². The molecule has 0 aromatic heterocycles. The van der Waals surface area contributed by atoms with Gasteiger partial charge in [-0.05, 0) is 19.3 Å². The monoisotopic (exact) mass is 276 g/mol. The Balaban J connectivity index is 3.93. The van der Waals surface area contributed by atoms with Crippen LogP contribution in [0.1, 0.15) is 52.9 Å². The molecule has 0 saturated heterocycles. The van der Waals surface area contributed by atoms with Gasteiger partial charge in [0.25, 0.3) is 0 Å². The van der Waals surface area contributed by atoms with E-state index in [1.807, 2.05) is 6.92 Å². The summed E-state index contributed by atoms with van der Waals surface area (Å²) in [6, 6.07) is 0. The van der Waals surface area contributed by atoms with Crippen LogP contribution in [0.25, 0.3) is 0 Å². The topological polar surface area (TPSA) is 65.0 Å². The molecule has 0 aromatic carbocycles. The number of unbranched alkanes of at least 4 members (excludes halogenated alkanes) is 1. The summed E-state index contributed by atoms with van der Waals surface area (Å²) in [6.07, 6.45) is 3.43. The predicted octanol–water partition coefficient (Wildman–Crippen LogP) is 3.46. The summed E-state index contributed by atoms with van der Waals surface area (Å²) in [5, 5.41) is 8.49. The van der Waals surface area contributed by atoms with Crippen LogP contribution in [0, 0.1) is 0 Å². The normalized spacial score (nSPS) is 14.1. The highest BCUT2D eigenvalue weighted by atomic mass is 16.7. The molecule has 0 heterocycles. The number of hydrogen-bond acceptors (Lipinski definition) is 4. The second kappa shape index (κ2) is 12.2. The first-order valence-electron chi connectivity index (χ1n) is 7.22. The minimum Gasteiger partial charge on any atom is -0.450 e. The third-order valence-electron chi connectivity index (χ3n) is 2.83. The second-order valence-corrected chi connectivity index (χ2v) is 4.58. The highest BCUT2D eigenvalue weighted by molar-refractivity contribution is 5.56. The molecular weight excluding hydrogens is 248 g/mol. The second-order valence-electron chi connectivity index (χ2n) is 4.58. The van der Waals surface area contributed by atoms with Crippen molar-refractivity contribution in [3.8, 4) is 0 Å². The minimum absolute atomic E-state index is 0.0794. The average molecular weight is 276 g/mol. The van der Waals surface area contributed by atoms with Crippen LogP contribution < -0.4 is 0 Å². The van der Waals surface area contributed by atoms with E-state index >= 15 is 0 Å². The maximum absolute atomic E-state index is 10.4. The lowest BCUT2D eigenvalue weighted by Gasteiger charge is -2.21.